The molecule has 0 saturated heterocycles. The summed E-state index contributed by atoms with van der Waals surface area (Å²) in [4.78, 5) is 9.07. The van der Waals surface area contributed by atoms with E-state index in [0.29, 0.717) is 17.3 Å². The average molecular weight is 390 g/mol. The highest BCUT2D eigenvalue weighted by atomic mass is 19.4. The Morgan fingerprint density at radius 3 is 2.43 bits per heavy atom. The van der Waals surface area contributed by atoms with Crippen LogP contribution in [0.5, 0.6) is 0 Å². The first-order valence-corrected chi connectivity index (χ1v) is 10.5. The molecule has 0 fully saturated rings. The van der Waals surface area contributed by atoms with Crippen molar-refractivity contribution in [3.8, 4) is 11.4 Å². The van der Waals surface area contributed by atoms with Crippen LogP contribution < -0.4 is 0 Å². The second-order valence-corrected chi connectivity index (χ2v) is 7.91. The van der Waals surface area contributed by atoms with Gasteiger partial charge in [0.05, 0.1) is 5.56 Å². The third-order valence-electron chi connectivity index (χ3n) is 5.69. The normalized spacial score (nSPS) is 16.8. The fraction of sp³-hybridized carbons (Fsp3) is 0.565. The lowest BCUT2D eigenvalue weighted by Gasteiger charge is -2.24. The van der Waals surface area contributed by atoms with Gasteiger partial charge in [0.2, 0.25) is 0 Å². The van der Waals surface area contributed by atoms with Crippen LogP contribution in [0.15, 0.2) is 30.5 Å². The second-order valence-electron chi connectivity index (χ2n) is 7.91. The first-order valence-electron chi connectivity index (χ1n) is 10.5. The maximum Gasteiger partial charge on any atom is 0.416 e. The molecule has 2 aromatic rings. The average Bonchev–Trinajstić information content (AvgIpc) is 2.69. The summed E-state index contributed by atoms with van der Waals surface area (Å²) in [5, 5.41) is 0. The van der Waals surface area contributed by atoms with Crippen molar-refractivity contribution in [3.63, 3.8) is 0 Å². The summed E-state index contributed by atoms with van der Waals surface area (Å²) in [7, 11) is 0. The Morgan fingerprint density at radius 1 is 1.00 bits per heavy atom. The number of nitrogens with zero attached hydrogens (tertiary/aromatic N) is 2. The van der Waals surface area contributed by atoms with E-state index in [1.807, 2.05) is 6.20 Å². The molecule has 0 spiro atoms. The molecule has 0 aliphatic heterocycles. The topological polar surface area (TPSA) is 25.8 Å². The van der Waals surface area contributed by atoms with E-state index in [2.05, 4.69) is 16.9 Å². The highest BCUT2D eigenvalue weighted by molar-refractivity contribution is 5.56. The Bertz CT molecular complexity index is 753. The Balaban J connectivity index is 1.56. The van der Waals surface area contributed by atoms with E-state index in [-0.39, 0.29) is 0 Å². The Kier molecular flexibility index (Phi) is 7.08. The molecule has 0 amide bonds. The standard InChI is InChI=1S/C23H29F3N2/c1-2-3-4-5-6-7-8-17-9-14-21-19(15-17)16-27-22(28-21)18-10-12-20(13-11-18)23(24,25)26/h10-13,16-17H,2-9,14-15H2,1H3. The molecule has 3 rings (SSSR count). The number of aryl methyl sites for hydroxylation is 1. The number of hydrogen-bond acceptors (Lipinski definition) is 2. The molecule has 0 bridgehead atoms. The summed E-state index contributed by atoms with van der Waals surface area (Å²) < 4.78 is 38.2. The van der Waals surface area contributed by atoms with Crippen molar-refractivity contribution in [1.82, 2.24) is 9.97 Å². The fourth-order valence-electron chi connectivity index (χ4n) is 3.99. The molecule has 152 valence electrons. The molecule has 1 atom stereocenters. The van der Waals surface area contributed by atoms with Crippen LogP contribution in [0.1, 0.15) is 75.1 Å². The number of unbranched alkanes of at least 4 members (excludes halogenated alkanes) is 5. The number of hydrogen-bond donors (Lipinski definition) is 0. The minimum Gasteiger partial charge on any atom is -0.236 e. The van der Waals surface area contributed by atoms with Crippen LogP contribution in [-0.2, 0) is 19.0 Å². The number of aromatic nitrogens is 2. The number of benzene rings is 1. The van der Waals surface area contributed by atoms with Crippen molar-refractivity contribution in [1.29, 1.82) is 0 Å². The molecule has 1 heterocycles. The summed E-state index contributed by atoms with van der Waals surface area (Å²) in [5.41, 5.74) is 2.25. The van der Waals surface area contributed by atoms with Crippen LogP contribution in [0.2, 0.25) is 0 Å². The molecule has 1 aromatic heterocycles. The van der Waals surface area contributed by atoms with Crippen LogP contribution in [0.3, 0.4) is 0 Å². The third kappa shape index (κ3) is 5.55. The smallest absolute Gasteiger partial charge is 0.236 e. The molecule has 1 aliphatic carbocycles. The third-order valence-corrected chi connectivity index (χ3v) is 5.69. The predicted molar refractivity (Wildman–Crippen MR) is 106 cm³/mol. The number of alkyl halides is 3. The maximum atomic E-state index is 12.7. The first kappa shape index (κ1) is 20.8. The largest absolute Gasteiger partial charge is 0.416 e. The van der Waals surface area contributed by atoms with Gasteiger partial charge in [-0.05, 0) is 42.9 Å². The van der Waals surface area contributed by atoms with Crippen molar-refractivity contribution in [3.05, 3.63) is 47.3 Å². The second kappa shape index (κ2) is 9.53. The fourth-order valence-corrected chi connectivity index (χ4v) is 3.99. The van der Waals surface area contributed by atoms with Gasteiger partial charge in [-0.2, -0.15) is 13.2 Å². The Morgan fingerprint density at radius 2 is 1.71 bits per heavy atom. The number of halogens is 3. The SMILES string of the molecule is CCCCCCCCC1CCc2nc(-c3ccc(C(F)(F)F)cc3)ncc2C1. The number of fused-ring (bicyclic) bond motifs is 1. The van der Waals surface area contributed by atoms with Crippen molar-refractivity contribution in [2.45, 2.75) is 77.3 Å². The van der Waals surface area contributed by atoms with E-state index in [4.69, 9.17) is 0 Å². The zero-order valence-electron chi connectivity index (χ0n) is 16.6. The van der Waals surface area contributed by atoms with Crippen LogP contribution in [-0.4, -0.2) is 9.97 Å². The molecule has 1 aromatic carbocycles. The zero-order chi connectivity index (χ0) is 20.0. The van der Waals surface area contributed by atoms with Crippen LogP contribution in [0, 0.1) is 5.92 Å². The van der Waals surface area contributed by atoms with Gasteiger partial charge in [0.15, 0.2) is 5.82 Å². The molecular weight excluding hydrogens is 361 g/mol. The summed E-state index contributed by atoms with van der Waals surface area (Å²) >= 11 is 0. The van der Waals surface area contributed by atoms with Gasteiger partial charge in [0.25, 0.3) is 0 Å². The van der Waals surface area contributed by atoms with Crippen molar-refractivity contribution >= 4 is 0 Å². The molecular formula is C23H29F3N2. The van der Waals surface area contributed by atoms with Gasteiger partial charge in [-0.3, -0.25) is 0 Å². The minimum absolute atomic E-state index is 0.516. The predicted octanol–water partition coefficient (Wildman–Crippen LogP) is 7.02. The monoisotopic (exact) mass is 390 g/mol. The lowest BCUT2D eigenvalue weighted by Crippen LogP contribution is -2.16. The molecule has 0 saturated carbocycles. The lowest BCUT2D eigenvalue weighted by atomic mass is 9.84. The molecule has 1 unspecified atom stereocenters. The van der Waals surface area contributed by atoms with Crippen LogP contribution in [0.4, 0.5) is 13.2 Å². The van der Waals surface area contributed by atoms with Gasteiger partial charge >= 0.3 is 6.18 Å². The molecule has 2 nitrogen and oxygen atoms in total. The highest BCUT2D eigenvalue weighted by Gasteiger charge is 2.30. The lowest BCUT2D eigenvalue weighted by molar-refractivity contribution is -0.137. The number of rotatable bonds is 8. The molecule has 0 N–H and O–H groups in total. The van der Waals surface area contributed by atoms with Gasteiger partial charge in [0, 0.05) is 17.5 Å². The summed E-state index contributed by atoms with van der Waals surface area (Å²) in [6.45, 7) is 2.24. The van der Waals surface area contributed by atoms with E-state index in [1.165, 1.54) is 62.6 Å². The highest BCUT2D eigenvalue weighted by Crippen LogP contribution is 2.32. The van der Waals surface area contributed by atoms with E-state index in [0.717, 1.165) is 37.1 Å². The van der Waals surface area contributed by atoms with Crippen molar-refractivity contribution < 1.29 is 13.2 Å². The molecule has 28 heavy (non-hydrogen) atoms. The minimum atomic E-state index is -4.32. The Hall–Kier alpha value is -1.91. The van der Waals surface area contributed by atoms with Gasteiger partial charge in [-0.15, -0.1) is 0 Å². The summed E-state index contributed by atoms with van der Waals surface area (Å²) in [6, 6.07) is 5.09. The van der Waals surface area contributed by atoms with Crippen molar-refractivity contribution in [2.24, 2.45) is 5.92 Å². The van der Waals surface area contributed by atoms with Crippen LogP contribution in [0.25, 0.3) is 11.4 Å². The van der Waals surface area contributed by atoms with Crippen LogP contribution >= 0.6 is 0 Å². The first-order chi connectivity index (χ1) is 13.5. The van der Waals surface area contributed by atoms with E-state index in [1.54, 1.807) is 0 Å². The van der Waals surface area contributed by atoms with Crippen molar-refractivity contribution in [2.75, 3.05) is 0 Å². The molecule has 1 aliphatic rings. The van der Waals surface area contributed by atoms with Gasteiger partial charge in [0.1, 0.15) is 0 Å². The van der Waals surface area contributed by atoms with Gasteiger partial charge in [-0.1, -0.05) is 64.0 Å². The van der Waals surface area contributed by atoms with E-state index in [9.17, 15) is 13.2 Å². The van der Waals surface area contributed by atoms with E-state index >= 15 is 0 Å². The quantitative estimate of drug-likeness (QED) is 0.453. The summed E-state index contributed by atoms with van der Waals surface area (Å²) in [5.74, 6) is 1.22. The van der Waals surface area contributed by atoms with E-state index < -0.39 is 11.7 Å². The molecule has 0 radical (unpaired) electrons. The maximum absolute atomic E-state index is 12.7. The van der Waals surface area contributed by atoms with Gasteiger partial charge in [-0.25, -0.2) is 9.97 Å². The zero-order valence-corrected chi connectivity index (χ0v) is 16.6. The summed E-state index contributed by atoms with van der Waals surface area (Å²) in [6.07, 6.45) is 9.88. The molecule has 5 heteroatoms. The van der Waals surface area contributed by atoms with Gasteiger partial charge < -0.3 is 0 Å². The Labute approximate surface area is 165 Å².